The predicted octanol–water partition coefficient (Wildman–Crippen LogP) is 4.01. The number of fused-ring (bicyclic) bond motifs is 3. The fourth-order valence-corrected chi connectivity index (χ4v) is 3.57. The van der Waals surface area contributed by atoms with Gasteiger partial charge in [-0.15, -0.1) is 0 Å². The number of nitrogens with zero attached hydrogens (tertiary/aromatic N) is 3. The van der Waals surface area contributed by atoms with Gasteiger partial charge in [-0.25, -0.2) is 15.0 Å². The molecule has 0 saturated heterocycles. The molecule has 3 aromatic rings. The zero-order chi connectivity index (χ0) is 15.3. The smallest absolute Gasteiger partial charge is 0.178 e. The lowest BCUT2D eigenvalue weighted by Gasteiger charge is -2.25. The molecule has 0 N–H and O–H groups in total. The van der Waals surface area contributed by atoms with Crippen LogP contribution in [0.5, 0.6) is 0 Å². The number of benzene rings is 1. The predicted molar refractivity (Wildman–Crippen MR) is 88.0 cm³/mol. The second-order valence-electron chi connectivity index (χ2n) is 6.77. The van der Waals surface area contributed by atoms with Crippen LogP contribution in [0.15, 0.2) is 42.6 Å². The molecule has 0 aliphatic heterocycles. The third-order valence-corrected chi connectivity index (χ3v) is 4.72. The second-order valence-corrected chi connectivity index (χ2v) is 6.77. The number of aromatic nitrogens is 3. The molecule has 0 amide bonds. The van der Waals surface area contributed by atoms with E-state index in [1.54, 1.807) is 6.20 Å². The molecule has 1 atom stereocenters. The number of pyridine rings is 1. The molecule has 0 spiro atoms. The van der Waals surface area contributed by atoms with Crippen molar-refractivity contribution in [1.82, 2.24) is 15.0 Å². The van der Waals surface area contributed by atoms with Crippen LogP contribution < -0.4 is 0 Å². The Morgan fingerprint density at radius 1 is 1.05 bits per heavy atom. The molecule has 2 heterocycles. The lowest BCUT2D eigenvalue weighted by Crippen LogP contribution is -2.21. The summed E-state index contributed by atoms with van der Waals surface area (Å²) in [6.45, 7) is 6.81. The van der Waals surface area contributed by atoms with Gasteiger partial charge >= 0.3 is 0 Å². The number of rotatable bonds is 0. The first-order valence-corrected chi connectivity index (χ1v) is 7.77. The number of hydrogen-bond acceptors (Lipinski definition) is 3. The van der Waals surface area contributed by atoms with E-state index in [4.69, 9.17) is 9.97 Å². The van der Waals surface area contributed by atoms with E-state index in [0.717, 1.165) is 29.0 Å². The van der Waals surface area contributed by atoms with Gasteiger partial charge in [0.2, 0.25) is 0 Å². The highest BCUT2D eigenvalue weighted by Crippen LogP contribution is 2.40. The van der Waals surface area contributed by atoms with Crippen molar-refractivity contribution in [3.8, 4) is 0 Å². The summed E-state index contributed by atoms with van der Waals surface area (Å²) in [4.78, 5) is 14.1. The summed E-state index contributed by atoms with van der Waals surface area (Å²) in [5.74, 6) is 0.255. The first-order chi connectivity index (χ1) is 10.6. The van der Waals surface area contributed by atoms with E-state index >= 15 is 0 Å². The van der Waals surface area contributed by atoms with E-state index in [1.165, 1.54) is 11.1 Å². The van der Waals surface area contributed by atoms with Crippen LogP contribution in [0.2, 0.25) is 0 Å². The van der Waals surface area contributed by atoms with Crippen LogP contribution in [0.4, 0.5) is 0 Å². The van der Waals surface area contributed by atoms with Crippen LogP contribution in [0.25, 0.3) is 11.2 Å². The van der Waals surface area contributed by atoms with Gasteiger partial charge in [0.05, 0.1) is 11.4 Å². The molecule has 3 nitrogen and oxygen atoms in total. The summed E-state index contributed by atoms with van der Waals surface area (Å²) in [5.41, 5.74) is 6.62. The first kappa shape index (κ1) is 13.4. The molecule has 0 fully saturated rings. The molecule has 3 heteroatoms. The van der Waals surface area contributed by atoms with Crippen LogP contribution in [0.3, 0.4) is 0 Å². The van der Waals surface area contributed by atoms with Crippen molar-refractivity contribution in [2.75, 3.05) is 0 Å². The van der Waals surface area contributed by atoms with E-state index in [9.17, 15) is 0 Å². The maximum atomic E-state index is 4.90. The average Bonchev–Trinajstić information content (AvgIpc) is 2.60. The van der Waals surface area contributed by atoms with Crippen molar-refractivity contribution in [2.45, 2.75) is 38.5 Å². The van der Waals surface area contributed by atoms with Crippen LogP contribution >= 0.6 is 0 Å². The Morgan fingerprint density at radius 3 is 2.73 bits per heavy atom. The molecule has 1 unspecified atom stereocenters. The van der Waals surface area contributed by atoms with E-state index in [0.29, 0.717) is 0 Å². The van der Waals surface area contributed by atoms with Gasteiger partial charge in [-0.1, -0.05) is 45.0 Å². The zero-order valence-electron chi connectivity index (χ0n) is 13.2. The van der Waals surface area contributed by atoms with E-state index in [-0.39, 0.29) is 11.3 Å². The summed E-state index contributed by atoms with van der Waals surface area (Å²) < 4.78 is 0. The fourth-order valence-electron chi connectivity index (χ4n) is 3.57. The number of hydrogen-bond donors (Lipinski definition) is 0. The van der Waals surface area contributed by atoms with Gasteiger partial charge in [0.15, 0.2) is 5.65 Å². The molecular weight excluding hydrogens is 270 g/mol. The largest absolute Gasteiger partial charge is 0.247 e. The van der Waals surface area contributed by atoms with Crippen molar-refractivity contribution in [2.24, 2.45) is 0 Å². The quantitative estimate of drug-likeness (QED) is 0.627. The minimum Gasteiger partial charge on any atom is -0.247 e. The maximum absolute atomic E-state index is 4.90. The highest BCUT2D eigenvalue weighted by molar-refractivity contribution is 5.70. The fraction of sp³-hybridized carbons (Fsp3) is 0.316. The average molecular weight is 289 g/mol. The van der Waals surface area contributed by atoms with Gasteiger partial charge in [0.25, 0.3) is 0 Å². The Kier molecular flexibility index (Phi) is 2.80. The molecule has 110 valence electrons. The van der Waals surface area contributed by atoms with Crippen molar-refractivity contribution < 1.29 is 0 Å². The molecule has 1 aliphatic rings. The van der Waals surface area contributed by atoms with Gasteiger partial charge in [-0.2, -0.15) is 0 Å². The molecule has 1 aromatic carbocycles. The van der Waals surface area contributed by atoms with Crippen LogP contribution in [-0.2, 0) is 11.8 Å². The van der Waals surface area contributed by atoms with Crippen LogP contribution in [0, 0.1) is 0 Å². The van der Waals surface area contributed by atoms with E-state index in [1.807, 2.05) is 12.1 Å². The molecule has 22 heavy (non-hydrogen) atoms. The van der Waals surface area contributed by atoms with E-state index < -0.39 is 0 Å². The Bertz CT molecular complexity index is 867. The summed E-state index contributed by atoms with van der Waals surface area (Å²) in [5, 5.41) is 0. The highest BCUT2D eigenvalue weighted by atomic mass is 14.9. The Morgan fingerprint density at radius 2 is 1.86 bits per heavy atom. The minimum absolute atomic E-state index is 0.0488. The van der Waals surface area contributed by atoms with Crippen LogP contribution in [-0.4, -0.2) is 15.0 Å². The molecular formula is C19H19N3. The summed E-state index contributed by atoms with van der Waals surface area (Å²) in [7, 11) is 0. The van der Waals surface area contributed by atoms with Crippen LogP contribution in [0.1, 0.15) is 49.2 Å². The van der Waals surface area contributed by atoms with Crippen molar-refractivity contribution >= 4 is 11.2 Å². The van der Waals surface area contributed by atoms with Gasteiger partial charge in [-0.05, 0) is 28.7 Å². The van der Waals surface area contributed by atoms with Crippen molar-refractivity contribution in [3.63, 3.8) is 0 Å². The van der Waals surface area contributed by atoms with Gasteiger partial charge in [0.1, 0.15) is 5.52 Å². The standard InChI is InChI=1S/C19H19N3/c1-12-13-7-4-5-8-14(13)19(2,3)11-16-17(12)21-15-9-6-10-20-18(15)22-16/h4-10,12H,11H2,1-3H3. The topological polar surface area (TPSA) is 38.7 Å². The third-order valence-electron chi connectivity index (χ3n) is 4.72. The maximum Gasteiger partial charge on any atom is 0.178 e. The minimum atomic E-state index is 0.0488. The van der Waals surface area contributed by atoms with Gasteiger partial charge < -0.3 is 0 Å². The van der Waals surface area contributed by atoms with E-state index in [2.05, 4.69) is 50.0 Å². The lowest BCUT2D eigenvalue weighted by atomic mass is 9.79. The summed E-state index contributed by atoms with van der Waals surface area (Å²) in [6.07, 6.45) is 2.67. The molecule has 1 aliphatic carbocycles. The van der Waals surface area contributed by atoms with Gasteiger partial charge in [-0.3, -0.25) is 0 Å². The highest BCUT2D eigenvalue weighted by Gasteiger charge is 2.33. The van der Waals surface area contributed by atoms with Crippen molar-refractivity contribution in [3.05, 3.63) is 65.1 Å². The SMILES string of the molecule is CC1c2ccccc2C(C)(C)Cc2nc3ncccc3nc21. The first-order valence-electron chi connectivity index (χ1n) is 7.77. The van der Waals surface area contributed by atoms with Gasteiger partial charge in [0, 0.05) is 18.5 Å². The zero-order valence-corrected chi connectivity index (χ0v) is 13.2. The Labute approximate surface area is 130 Å². The molecule has 2 aromatic heterocycles. The molecule has 0 saturated carbocycles. The normalized spacial score (nSPS) is 19.3. The third kappa shape index (κ3) is 1.92. The Balaban J connectivity index is 2.02. The molecule has 0 bridgehead atoms. The summed E-state index contributed by atoms with van der Waals surface area (Å²) in [6, 6.07) is 12.6. The Hall–Kier alpha value is -2.29. The summed E-state index contributed by atoms with van der Waals surface area (Å²) >= 11 is 0. The monoisotopic (exact) mass is 289 g/mol. The van der Waals surface area contributed by atoms with Crippen molar-refractivity contribution in [1.29, 1.82) is 0 Å². The second kappa shape index (κ2) is 4.60. The lowest BCUT2D eigenvalue weighted by molar-refractivity contribution is 0.516. The molecule has 0 radical (unpaired) electrons. The molecule has 4 rings (SSSR count).